The summed E-state index contributed by atoms with van der Waals surface area (Å²) < 4.78 is 5.40. The maximum absolute atomic E-state index is 11.1. The Hall–Kier alpha value is -1.33. The molecule has 17 heavy (non-hydrogen) atoms. The molecule has 4 N–H and O–H groups in total. The van der Waals surface area contributed by atoms with Gasteiger partial charge < -0.3 is 15.9 Å². The van der Waals surface area contributed by atoms with Crippen LogP contribution in [0.3, 0.4) is 0 Å². The third-order valence-electron chi connectivity index (χ3n) is 2.69. The summed E-state index contributed by atoms with van der Waals surface area (Å²) in [6.45, 7) is 6.07. The lowest BCUT2D eigenvalue weighted by molar-refractivity contribution is -0.120. The van der Waals surface area contributed by atoms with Crippen molar-refractivity contribution in [1.29, 1.82) is 0 Å². The number of hydrogen-bond acceptors (Lipinski definition) is 4. The first kappa shape index (κ1) is 13.7. The Morgan fingerprint density at radius 3 is 2.47 bits per heavy atom. The molecule has 0 aliphatic heterocycles. The third-order valence-corrected chi connectivity index (χ3v) is 2.69. The minimum absolute atomic E-state index is 0.141. The van der Waals surface area contributed by atoms with Gasteiger partial charge in [-0.05, 0) is 32.9 Å². The van der Waals surface area contributed by atoms with Gasteiger partial charge in [0.2, 0.25) is 5.91 Å². The first-order chi connectivity index (χ1) is 7.93. The Morgan fingerprint density at radius 2 is 2.12 bits per heavy atom. The summed E-state index contributed by atoms with van der Waals surface area (Å²) in [4.78, 5) is 13.1. The van der Waals surface area contributed by atoms with Crippen LogP contribution in [0.2, 0.25) is 0 Å². The molecule has 0 fully saturated rings. The highest BCUT2D eigenvalue weighted by atomic mass is 16.3. The highest BCUT2D eigenvalue weighted by Gasteiger charge is 2.29. The number of carbonyl (C=O) groups is 1. The summed E-state index contributed by atoms with van der Waals surface area (Å²) in [5, 5.41) is 0. The minimum atomic E-state index is -0.365. The van der Waals surface area contributed by atoms with Crippen LogP contribution in [0.1, 0.15) is 32.6 Å². The van der Waals surface area contributed by atoms with Crippen molar-refractivity contribution in [2.75, 3.05) is 6.54 Å². The topological polar surface area (TPSA) is 85.5 Å². The van der Waals surface area contributed by atoms with E-state index in [1.54, 1.807) is 6.26 Å². The van der Waals surface area contributed by atoms with Crippen molar-refractivity contribution in [2.45, 2.75) is 38.9 Å². The van der Waals surface area contributed by atoms with Gasteiger partial charge in [-0.15, -0.1) is 0 Å². The molecule has 5 nitrogen and oxygen atoms in total. The molecule has 1 amide bonds. The van der Waals surface area contributed by atoms with E-state index in [2.05, 4.69) is 0 Å². The Kier molecular flexibility index (Phi) is 4.72. The molecule has 0 aromatic carbocycles. The Bertz CT molecular complexity index is 347. The number of carbonyl (C=O) groups excluding carboxylic acids is 1. The maximum Gasteiger partial charge on any atom is 0.231 e. The van der Waals surface area contributed by atoms with E-state index in [0.717, 1.165) is 5.76 Å². The number of nitrogens with zero attached hydrogens (tertiary/aromatic N) is 1. The molecule has 5 heteroatoms. The molecule has 0 spiro atoms. The summed E-state index contributed by atoms with van der Waals surface area (Å²) in [6.07, 6.45) is 1.60. The number of primary amides is 1. The van der Waals surface area contributed by atoms with Crippen LogP contribution in [0.25, 0.3) is 0 Å². The van der Waals surface area contributed by atoms with E-state index >= 15 is 0 Å². The molecule has 2 atom stereocenters. The molecular formula is C12H21N3O2. The van der Waals surface area contributed by atoms with E-state index in [-0.39, 0.29) is 30.6 Å². The standard InChI is InChI=1S/C12H21N3O2/c1-8(2)15(7-11(14)16)12(9(3)13)10-5-4-6-17-10/h4-6,8-9,12H,7,13H2,1-3H3,(H2,14,16). The summed E-state index contributed by atoms with van der Waals surface area (Å²) in [6, 6.07) is 3.54. The second-order valence-corrected chi connectivity index (χ2v) is 4.55. The van der Waals surface area contributed by atoms with Gasteiger partial charge >= 0.3 is 0 Å². The first-order valence-electron chi connectivity index (χ1n) is 5.76. The second-order valence-electron chi connectivity index (χ2n) is 4.55. The van der Waals surface area contributed by atoms with Crippen molar-refractivity contribution in [2.24, 2.45) is 11.5 Å². The van der Waals surface area contributed by atoms with E-state index in [1.165, 1.54) is 0 Å². The lowest BCUT2D eigenvalue weighted by atomic mass is 10.0. The van der Waals surface area contributed by atoms with Gasteiger partial charge in [-0.25, -0.2) is 0 Å². The average molecular weight is 239 g/mol. The van der Waals surface area contributed by atoms with E-state index in [9.17, 15) is 4.79 Å². The molecular weight excluding hydrogens is 218 g/mol. The van der Waals surface area contributed by atoms with Crippen LogP contribution in [0.15, 0.2) is 22.8 Å². The minimum Gasteiger partial charge on any atom is -0.468 e. The fourth-order valence-corrected chi connectivity index (χ4v) is 1.97. The molecule has 0 aliphatic rings. The SMILES string of the molecule is CC(N)C(c1ccco1)N(CC(N)=O)C(C)C. The van der Waals surface area contributed by atoms with E-state index in [4.69, 9.17) is 15.9 Å². The largest absolute Gasteiger partial charge is 0.468 e. The van der Waals surface area contributed by atoms with Gasteiger partial charge in [0.15, 0.2) is 0 Å². The molecule has 1 aromatic heterocycles. The van der Waals surface area contributed by atoms with E-state index in [1.807, 2.05) is 37.8 Å². The zero-order valence-corrected chi connectivity index (χ0v) is 10.6. The van der Waals surface area contributed by atoms with Crippen molar-refractivity contribution in [3.05, 3.63) is 24.2 Å². The molecule has 2 unspecified atom stereocenters. The van der Waals surface area contributed by atoms with Crippen LogP contribution in [-0.2, 0) is 4.79 Å². The van der Waals surface area contributed by atoms with Crippen molar-refractivity contribution in [3.63, 3.8) is 0 Å². The summed E-state index contributed by atoms with van der Waals surface area (Å²) in [7, 11) is 0. The van der Waals surface area contributed by atoms with Crippen molar-refractivity contribution < 1.29 is 9.21 Å². The van der Waals surface area contributed by atoms with Gasteiger partial charge in [0, 0.05) is 12.1 Å². The lowest BCUT2D eigenvalue weighted by Crippen LogP contribution is -2.46. The molecule has 0 radical (unpaired) electrons. The average Bonchev–Trinajstić information content (AvgIpc) is 2.68. The smallest absolute Gasteiger partial charge is 0.231 e. The van der Waals surface area contributed by atoms with Crippen molar-refractivity contribution in [3.8, 4) is 0 Å². The highest BCUT2D eigenvalue weighted by molar-refractivity contribution is 5.76. The van der Waals surface area contributed by atoms with E-state index < -0.39 is 0 Å². The van der Waals surface area contributed by atoms with Crippen LogP contribution in [0, 0.1) is 0 Å². The lowest BCUT2D eigenvalue weighted by Gasteiger charge is -2.34. The van der Waals surface area contributed by atoms with Crippen LogP contribution in [0.5, 0.6) is 0 Å². The summed E-state index contributed by atoms with van der Waals surface area (Å²) in [5.41, 5.74) is 11.3. The molecule has 96 valence electrons. The Balaban J connectivity index is 2.97. The van der Waals surface area contributed by atoms with Crippen LogP contribution >= 0.6 is 0 Å². The fourth-order valence-electron chi connectivity index (χ4n) is 1.97. The van der Waals surface area contributed by atoms with Gasteiger partial charge in [-0.1, -0.05) is 0 Å². The number of nitrogens with two attached hydrogens (primary N) is 2. The summed E-state index contributed by atoms with van der Waals surface area (Å²) in [5.74, 6) is 0.394. The Morgan fingerprint density at radius 1 is 1.47 bits per heavy atom. The number of hydrogen-bond donors (Lipinski definition) is 2. The molecule has 0 saturated heterocycles. The molecule has 1 heterocycles. The van der Waals surface area contributed by atoms with E-state index in [0.29, 0.717) is 0 Å². The number of furan rings is 1. The van der Waals surface area contributed by atoms with Crippen LogP contribution in [-0.4, -0.2) is 29.4 Å². The normalized spacial score (nSPS) is 15.2. The van der Waals surface area contributed by atoms with Gasteiger partial charge in [-0.2, -0.15) is 0 Å². The second kappa shape index (κ2) is 5.84. The van der Waals surface area contributed by atoms with Crippen molar-refractivity contribution >= 4 is 5.91 Å². The van der Waals surface area contributed by atoms with Gasteiger partial charge in [-0.3, -0.25) is 9.69 Å². The fraction of sp³-hybridized carbons (Fsp3) is 0.583. The third kappa shape index (κ3) is 3.57. The Labute approximate surface area is 102 Å². The van der Waals surface area contributed by atoms with Gasteiger partial charge in [0.1, 0.15) is 5.76 Å². The molecule has 1 rings (SSSR count). The van der Waals surface area contributed by atoms with Crippen LogP contribution in [0.4, 0.5) is 0 Å². The van der Waals surface area contributed by atoms with Gasteiger partial charge in [0.25, 0.3) is 0 Å². The molecule has 1 aromatic rings. The monoisotopic (exact) mass is 239 g/mol. The number of amides is 1. The van der Waals surface area contributed by atoms with Gasteiger partial charge in [0.05, 0.1) is 18.8 Å². The zero-order valence-electron chi connectivity index (χ0n) is 10.6. The van der Waals surface area contributed by atoms with Crippen molar-refractivity contribution in [1.82, 2.24) is 4.90 Å². The quantitative estimate of drug-likeness (QED) is 0.771. The number of rotatable bonds is 6. The molecule has 0 bridgehead atoms. The van der Waals surface area contributed by atoms with Crippen LogP contribution < -0.4 is 11.5 Å². The predicted molar refractivity (Wildman–Crippen MR) is 66.1 cm³/mol. The molecule has 0 aliphatic carbocycles. The summed E-state index contributed by atoms with van der Waals surface area (Å²) >= 11 is 0. The first-order valence-corrected chi connectivity index (χ1v) is 5.76. The predicted octanol–water partition coefficient (Wildman–Crippen LogP) is 0.864. The highest BCUT2D eigenvalue weighted by Crippen LogP contribution is 2.25. The zero-order chi connectivity index (χ0) is 13.0. The maximum atomic E-state index is 11.1. The molecule has 0 saturated carbocycles.